The maximum absolute atomic E-state index is 12.4. The van der Waals surface area contributed by atoms with E-state index in [9.17, 15) is 4.79 Å². The monoisotopic (exact) mass is 392 g/mol. The molecule has 0 atom stereocenters. The molecule has 2 heterocycles. The smallest absolute Gasteiger partial charge is 0.358 e. The molecule has 152 valence electrons. The molecule has 0 amide bonds. The van der Waals surface area contributed by atoms with Crippen LogP contribution in [-0.4, -0.2) is 36.3 Å². The first kappa shape index (κ1) is 18.7. The number of benzene rings is 1. The van der Waals surface area contributed by atoms with Gasteiger partial charge in [0.05, 0.1) is 18.5 Å². The van der Waals surface area contributed by atoms with Gasteiger partial charge in [0, 0.05) is 31.7 Å². The highest BCUT2D eigenvalue weighted by molar-refractivity contribution is 5.88. The van der Waals surface area contributed by atoms with Crippen LogP contribution in [0.4, 0.5) is 0 Å². The van der Waals surface area contributed by atoms with E-state index in [4.69, 9.17) is 9.47 Å². The lowest BCUT2D eigenvalue weighted by molar-refractivity contribution is 0.0591. The Morgan fingerprint density at radius 1 is 1.07 bits per heavy atom. The summed E-state index contributed by atoms with van der Waals surface area (Å²) in [5.74, 6) is 1.29. The standard InChI is InChI=1S/C24H28N2O3/c1-28-24(27)23-20(25-14-21(26-23)16-5-6-16)13-18-3-2-4-19(22(18)17-7-8-17)15-9-11-29-12-10-15/h2-4,14-17H,5-13H2,1H3. The second-order valence-corrected chi connectivity index (χ2v) is 8.61. The van der Waals surface area contributed by atoms with Crippen LogP contribution in [0.3, 0.4) is 0 Å². The van der Waals surface area contributed by atoms with E-state index in [1.165, 1.54) is 36.6 Å². The van der Waals surface area contributed by atoms with Crippen LogP contribution < -0.4 is 0 Å². The number of nitrogens with zero attached hydrogens (tertiary/aromatic N) is 2. The normalized spacial score (nSPS) is 19.9. The first-order valence-corrected chi connectivity index (χ1v) is 10.9. The van der Waals surface area contributed by atoms with E-state index in [0.717, 1.165) is 50.3 Å². The van der Waals surface area contributed by atoms with Crippen LogP contribution in [0.15, 0.2) is 24.4 Å². The average molecular weight is 392 g/mol. The van der Waals surface area contributed by atoms with Gasteiger partial charge >= 0.3 is 5.97 Å². The largest absolute Gasteiger partial charge is 0.464 e. The van der Waals surface area contributed by atoms with E-state index in [0.29, 0.717) is 29.9 Å². The molecule has 1 aromatic heterocycles. The van der Waals surface area contributed by atoms with Crippen molar-refractivity contribution < 1.29 is 14.3 Å². The summed E-state index contributed by atoms with van der Waals surface area (Å²) in [4.78, 5) is 21.8. The Morgan fingerprint density at radius 3 is 2.52 bits per heavy atom. The van der Waals surface area contributed by atoms with Crippen molar-refractivity contribution in [2.24, 2.45) is 0 Å². The van der Waals surface area contributed by atoms with E-state index in [2.05, 4.69) is 28.2 Å². The first-order valence-electron chi connectivity index (χ1n) is 10.9. The van der Waals surface area contributed by atoms with Crippen LogP contribution in [0.5, 0.6) is 0 Å². The van der Waals surface area contributed by atoms with Gasteiger partial charge in [0.25, 0.3) is 0 Å². The Kier molecular flexibility index (Phi) is 5.08. The first-order chi connectivity index (χ1) is 14.2. The van der Waals surface area contributed by atoms with Crippen molar-refractivity contribution in [2.75, 3.05) is 20.3 Å². The van der Waals surface area contributed by atoms with E-state index in [1.54, 1.807) is 0 Å². The average Bonchev–Trinajstić information content (AvgIpc) is 3.67. The number of hydrogen-bond donors (Lipinski definition) is 0. The number of aromatic nitrogens is 2. The van der Waals surface area contributed by atoms with Crippen LogP contribution in [0.25, 0.3) is 0 Å². The predicted molar refractivity (Wildman–Crippen MR) is 109 cm³/mol. The minimum absolute atomic E-state index is 0.384. The number of ether oxygens (including phenoxy) is 2. The summed E-state index contributed by atoms with van der Waals surface area (Å²) in [5, 5.41) is 0. The van der Waals surface area contributed by atoms with Gasteiger partial charge in [0.2, 0.25) is 0 Å². The molecule has 0 radical (unpaired) electrons. The number of methoxy groups -OCH3 is 1. The zero-order valence-corrected chi connectivity index (χ0v) is 17.0. The van der Waals surface area contributed by atoms with Crippen molar-refractivity contribution in [3.63, 3.8) is 0 Å². The molecule has 5 rings (SSSR count). The van der Waals surface area contributed by atoms with Crippen molar-refractivity contribution in [1.82, 2.24) is 9.97 Å². The number of carbonyl (C=O) groups is 1. The second-order valence-electron chi connectivity index (χ2n) is 8.61. The van der Waals surface area contributed by atoms with Crippen molar-refractivity contribution in [3.8, 4) is 0 Å². The quantitative estimate of drug-likeness (QED) is 0.677. The van der Waals surface area contributed by atoms with Gasteiger partial charge in [-0.05, 0) is 67.1 Å². The van der Waals surface area contributed by atoms with Crippen LogP contribution in [-0.2, 0) is 15.9 Å². The third-order valence-corrected chi connectivity index (χ3v) is 6.48. The third kappa shape index (κ3) is 3.93. The minimum Gasteiger partial charge on any atom is -0.464 e. The number of rotatable bonds is 6. The van der Waals surface area contributed by atoms with E-state index >= 15 is 0 Å². The molecule has 0 bridgehead atoms. The fraction of sp³-hybridized carbons (Fsp3) is 0.542. The van der Waals surface area contributed by atoms with Crippen LogP contribution in [0, 0.1) is 0 Å². The van der Waals surface area contributed by atoms with Gasteiger partial charge in [-0.25, -0.2) is 9.78 Å². The van der Waals surface area contributed by atoms with Crippen molar-refractivity contribution in [3.05, 3.63) is 58.2 Å². The van der Waals surface area contributed by atoms with Gasteiger partial charge in [-0.1, -0.05) is 18.2 Å². The third-order valence-electron chi connectivity index (χ3n) is 6.48. The lowest BCUT2D eigenvalue weighted by Crippen LogP contribution is -2.17. The molecule has 1 aliphatic heterocycles. The van der Waals surface area contributed by atoms with Crippen molar-refractivity contribution in [1.29, 1.82) is 0 Å². The molecule has 5 nitrogen and oxygen atoms in total. The number of carbonyl (C=O) groups excluding carboxylic acids is 1. The van der Waals surface area contributed by atoms with Gasteiger partial charge in [0.1, 0.15) is 0 Å². The Labute approximate surface area is 171 Å². The van der Waals surface area contributed by atoms with Gasteiger partial charge in [0.15, 0.2) is 5.69 Å². The molecule has 0 N–H and O–H groups in total. The van der Waals surface area contributed by atoms with Crippen LogP contribution in [0.1, 0.15) is 94.8 Å². The highest BCUT2D eigenvalue weighted by atomic mass is 16.5. The summed E-state index contributed by atoms with van der Waals surface area (Å²) in [6, 6.07) is 6.67. The Balaban J connectivity index is 1.51. The molecule has 3 aliphatic rings. The summed E-state index contributed by atoms with van der Waals surface area (Å²) >= 11 is 0. The Morgan fingerprint density at radius 2 is 1.83 bits per heavy atom. The van der Waals surface area contributed by atoms with E-state index in [1.807, 2.05) is 6.20 Å². The molecule has 2 aliphatic carbocycles. The summed E-state index contributed by atoms with van der Waals surface area (Å²) in [7, 11) is 1.42. The Hall–Kier alpha value is -2.27. The summed E-state index contributed by atoms with van der Waals surface area (Å²) < 4.78 is 10.6. The van der Waals surface area contributed by atoms with Crippen LogP contribution >= 0.6 is 0 Å². The predicted octanol–water partition coefficient (Wildman–Crippen LogP) is 4.50. The van der Waals surface area contributed by atoms with Gasteiger partial charge in [-0.3, -0.25) is 4.98 Å². The molecule has 2 saturated carbocycles. The van der Waals surface area contributed by atoms with Gasteiger partial charge in [-0.2, -0.15) is 0 Å². The van der Waals surface area contributed by atoms with Gasteiger partial charge in [-0.15, -0.1) is 0 Å². The molecule has 3 fully saturated rings. The fourth-order valence-corrected chi connectivity index (χ4v) is 4.59. The molecule has 0 unspecified atom stereocenters. The molecule has 1 saturated heterocycles. The number of esters is 1. The van der Waals surface area contributed by atoms with E-state index in [-0.39, 0.29) is 5.97 Å². The molecule has 0 spiro atoms. The summed E-state index contributed by atoms with van der Waals surface area (Å²) in [6.45, 7) is 1.69. The topological polar surface area (TPSA) is 61.3 Å². The molecule has 29 heavy (non-hydrogen) atoms. The van der Waals surface area contributed by atoms with Gasteiger partial charge < -0.3 is 9.47 Å². The zero-order valence-electron chi connectivity index (χ0n) is 17.0. The highest BCUT2D eigenvalue weighted by Crippen LogP contribution is 2.47. The summed E-state index contributed by atoms with van der Waals surface area (Å²) in [5.41, 5.74) is 6.30. The van der Waals surface area contributed by atoms with Crippen LogP contribution in [0.2, 0.25) is 0 Å². The maximum Gasteiger partial charge on any atom is 0.358 e. The molecule has 5 heteroatoms. The number of hydrogen-bond acceptors (Lipinski definition) is 5. The molecular weight excluding hydrogens is 364 g/mol. The van der Waals surface area contributed by atoms with Crippen molar-refractivity contribution in [2.45, 2.75) is 62.7 Å². The highest BCUT2D eigenvalue weighted by Gasteiger charge is 2.32. The molecule has 1 aromatic carbocycles. The lowest BCUT2D eigenvalue weighted by atomic mass is 9.83. The lowest BCUT2D eigenvalue weighted by Gasteiger charge is -2.26. The van der Waals surface area contributed by atoms with Crippen molar-refractivity contribution >= 4 is 5.97 Å². The molecular formula is C24H28N2O3. The SMILES string of the molecule is COC(=O)c1nc(C2CC2)cnc1Cc1cccc(C2CCOCC2)c1C1CC1. The summed E-state index contributed by atoms with van der Waals surface area (Å²) in [6.07, 6.45) is 9.44. The fourth-order valence-electron chi connectivity index (χ4n) is 4.59. The second kappa shape index (κ2) is 7.86. The zero-order chi connectivity index (χ0) is 19.8. The van der Waals surface area contributed by atoms with E-state index < -0.39 is 0 Å². The maximum atomic E-state index is 12.4. The minimum atomic E-state index is -0.386. The molecule has 2 aromatic rings. The Bertz CT molecular complexity index is 912.